The van der Waals surface area contributed by atoms with Crippen LogP contribution in [0.2, 0.25) is 0 Å². The Kier molecular flexibility index (Phi) is 6.29. The monoisotopic (exact) mass is 392 g/mol. The zero-order valence-electron chi connectivity index (χ0n) is 11.9. The first-order valence-corrected chi connectivity index (χ1v) is 6.34. The van der Waals surface area contributed by atoms with Gasteiger partial charge in [-0.05, 0) is 24.2 Å². The van der Waals surface area contributed by atoms with Gasteiger partial charge < -0.3 is 12.3 Å². The molecule has 0 amide bonds. The summed E-state index contributed by atoms with van der Waals surface area (Å²) in [6, 6.07) is 0. The van der Waals surface area contributed by atoms with E-state index in [2.05, 4.69) is 48.0 Å². The predicted octanol–water partition coefficient (Wildman–Crippen LogP) is 5.05. The zero-order valence-corrected chi connectivity index (χ0v) is 14.8. The van der Waals surface area contributed by atoms with Crippen LogP contribution < -0.4 is 0 Å². The van der Waals surface area contributed by atoms with Gasteiger partial charge in [0.15, 0.2) is 0 Å². The van der Waals surface area contributed by atoms with Crippen LogP contribution in [0.5, 0.6) is 0 Å². The van der Waals surface area contributed by atoms with Crippen molar-refractivity contribution in [3.63, 3.8) is 0 Å². The van der Waals surface area contributed by atoms with Crippen LogP contribution in [-0.2, 0) is 21.1 Å². The van der Waals surface area contributed by atoms with E-state index in [1.54, 1.807) is 0 Å². The molecule has 2 aliphatic carbocycles. The minimum Gasteiger partial charge on any atom is -0.328 e. The van der Waals surface area contributed by atoms with E-state index in [1.807, 2.05) is 0 Å². The molecule has 0 unspecified atom stereocenters. The molecule has 2 aliphatic rings. The molecule has 1 heteroatoms. The van der Waals surface area contributed by atoms with Crippen LogP contribution in [0.4, 0.5) is 0 Å². The van der Waals surface area contributed by atoms with Crippen LogP contribution in [0.15, 0.2) is 0 Å². The minimum absolute atomic E-state index is 0. The van der Waals surface area contributed by atoms with E-state index in [0.717, 1.165) is 11.3 Å². The van der Waals surface area contributed by atoms with Crippen LogP contribution in [-0.4, -0.2) is 0 Å². The van der Waals surface area contributed by atoms with E-state index >= 15 is 0 Å². The molecule has 0 aromatic heterocycles. The van der Waals surface area contributed by atoms with Crippen molar-refractivity contribution in [2.75, 3.05) is 0 Å². The van der Waals surface area contributed by atoms with Gasteiger partial charge in [0.05, 0.1) is 0 Å². The van der Waals surface area contributed by atoms with E-state index in [4.69, 9.17) is 0 Å². The second-order valence-electron chi connectivity index (χ2n) is 7.17. The van der Waals surface area contributed by atoms with Gasteiger partial charge in [-0.3, -0.25) is 0 Å². The summed E-state index contributed by atoms with van der Waals surface area (Å²) in [5, 5.41) is 0. The number of hydrogen-bond acceptors (Lipinski definition) is 0. The Morgan fingerprint density at radius 3 is 1.62 bits per heavy atom. The van der Waals surface area contributed by atoms with Crippen molar-refractivity contribution in [3.05, 3.63) is 12.3 Å². The second kappa shape index (κ2) is 6.03. The molecule has 2 fully saturated rings. The molecule has 0 nitrogen and oxygen atoms in total. The maximum Gasteiger partial charge on any atom is 2.00 e. The molecule has 2 rings (SSSR count). The standard InChI is InChI=1S/C11H19.C4H9.W/c1-10(2,3)9-7-11(8-9)5-4-6-11;1-4(2)3;/h4,9H,5-8H2,1-3H3;1-3H3;/q2*-1;+2. The molecule has 0 aromatic rings. The van der Waals surface area contributed by atoms with Crippen molar-refractivity contribution in [3.8, 4) is 0 Å². The van der Waals surface area contributed by atoms with Crippen molar-refractivity contribution in [2.24, 2.45) is 16.7 Å². The number of rotatable bonds is 0. The molecular weight excluding hydrogens is 364 g/mol. The Hall–Kier alpha value is 0.688. The normalized spacial score (nSPS) is 22.7. The van der Waals surface area contributed by atoms with Crippen molar-refractivity contribution in [1.29, 1.82) is 0 Å². The summed E-state index contributed by atoms with van der Waals surface area (Å²) >= 11 is 0. The molecule has 2 saturated carbocycles. The van der Waals surface area contributed by atoms with E-state index in [1.165, 1.54) is 31.6 Å². The van der Waals surface area contributed by atoms with Crippen LogP contribution in [0.3, 0.4) is 0 Å². The molecule has 94 valence electrons. The van der Waals surface area contributed by atoms with Gasteiger partial charge in [-0.2, -0.15) is 33.6 Å². The fraction of sp³-hybridized carbons (Fsp3) is 0.867. The van der Waals surface area contributed by atoms with Gasteiger partial charge in [-0.25, -0.2) is 0 Å². The summed E-state index contributed by atoms with van der Waals surface area (Å²) in [7, 11) is 0. The first-order chi connectivity index (χ1) is 6.75. The first-order valence-electron chi connectivity index (χ1n) is 6.34. The van der Waals surface area contributed by atoms with Crippen LogP contribution in [0.1, 0.15) is 67.2 Å². The second-order valence-corrected chi connectivity index (χ2v) is 7.17. The molecular formula is C15H28W. The number of hydrogen-bond donors (Lipinski definition) is 0. The molecule has 0 radical (unpaired) electrons. The van der Waals surface area contributed by atoms with Gasteiger partial charge in [0.25, 0.3) is 0 Å². The van der Waals surface area contributed by atoms with Gasteiger partial charge >= 0.3 is 21.1 Å². The molecule has 1 spiro atoms. The van der Waals surface area contributed by atoms with Crippen molar-refractivity contribution in [2.45, 2.75) is 67.2 Å². The summed E-state index contributed by atoms with van der Waals surface area (Å²) in [5.74, 6) is 2.43. The Morgan fingerprint density at radius 2 is 1.44 bits per heavy atom. The molecule has 16 heavy (non-hydrogen) atoms. The fourth-order valence-electron chi connectivity index (χ4n) is 2.48. The summed E-state index contributed by atoms with van der Waals surface area (Å²) in [6.45, 7) is 13.4. The van der Waals surface area contributed by atoms with Gasteiger partial charge in [0, 0.05) is 0 Å². The third-order valence-electron chi connectivity index (χ3n) is 3.74. The van der Waals surface area contributed by atoms with Crippen LogP contribution >= 0.6 is 0 Å². The van der Waals surface area contributed by atoms with Crippen molar-refractivity contribution < 1.29 is 21.1 Å². The predicted molar refractivity (Wildman–Crippen MR) is 68.4 cm³/mol. The largest absolute Gasteiger partial charge is 2.00 e. The van der Waals surface area contributed by atoms with Gasteiger partial charge in [-0.15, -0.1) is 0 Å². The average molecular weight is 392 g/mol. The summed E-state index contributed by atoms with van der Waals surface area (Å²) in [6.07, 6.45) is 8.29. The molecule has 0 saturated heterocycles. The van der Waals surface area contributed by atoms with Crippen molar-refractivity contribution in [1.82, 2.24) is 0 Å². The Balaban J connectivity index is 0.000000397. The topological polar surface area (TPSA) is 0 Å². The third-order valence-corrected chi connectivity index (χ3v) is 3.74. The first kappa shape index (κ1) is 16.7. The maximum atomic E-state index is 2.44. The molecule has 0 aromatic carbocycles. The molecule has 0 aliphatic heterocycles. The summed E-state index contributed by atoms with van der Waals surface area (Å²) in [5.41, 5.74) is 1.39. The molecule has 0 N–H and O–H groups in total. The zero-order chi connectivity index (χ0) is 11.7. The molecule has 0 heterocycles. The fourth-order valence-corrected chi connectivity index (χ4v) is 2.48. The third kappa shape index (κ3) is 4.52. The quantitative estimate of drug-likeness (QED) is 0.507. The summed E-state index contributed by atoms with van der Waals surface area (Å²) in [4.78, 5) is 0. The van der Waals surface area contributed by atoms with Crippen LogP contribution in [0, 0.1) is 29.1 Å². The minimum atomic E-state index is 0. The van der Waals surface area contributed by atoms with E-state index < -0.39 is 0 Å². The molecule has 0 atom stereocenters. The van der Waals surface area contributed by atoms with E-state index in [9.17, 15) is 0 Å². The van der Waals surface area contributed by atoms with Gasteiger partial charge in [-0.1, -0.05) is 26.2 Å². The van der Waals surface area contributed by atoms with Gasteiger partial charge in [0.1, 0.15) is 0 Å². The summed E-state index contributed by atoms with van der Waals surface area (Å²) < 4.78 is 0. The van der Waals surface area contributed by atoms with Crippen molar-refractivity contribution >= 4 is 0 Å². The molecule has 0 bridgehead atoms. The van der Waals surface area contributed by atoms with E-state index in [-0.39, 0.29) is 21.1 Å². The smallest absolute Gasteiger partial charge is 0.328 e. The Morgan fingerprint density at radius 1 is 1.06 bits per heavy atom. The SMILES string of the molecule is CC(C)(C)C1CC2(C[CH-]C2)C1.C[C-](C)C.[W+2]. The average Bonchev–Trinajstić information content (AvgIpc) is 1.72. The van der Waals surface area contributed by atoms with E-state index in [0.29, 0.717) is 5.41 Å². The van der Waals surface area contributed by atoms with Crippen LogP contribution in [0.25, 0.3) is 0 Å². The van der Waals surface area contributed by atoms with Gasteiger partial charge in [0.2, 0.25) is 0 Å². The maximum absolute atomic E-state index is 2.44. The Labute approximate surface area is 117 Å². The Bertz CT molecular complexity index is 185.